The molecule has 0 radical (unpaired) electrons. The summed E-state index contributed by atoms with van der Waals surface area (Å²) in [5.41, 5.74) is 0.310. The Morgan fingerprint density at radius 2 is 1.97 bits per heavy atom. The van der Waals surface area contributed by atoms with Gasteiger partial charge in [0.05, 0.1) is 25.2 Å². The van der Waals surface area contributed by atoms with E-state index in [2.05, 4.69) is 17.6 Å². The summed E-state index contributed by atoms with van der Waals surface area (Å²) in [7, 11) is 0. The molecule has 1 aliphatic heterocycles. The summed E-state index contributed by atoms with van der Waals surface area (Å²) in [6.45, 7) is 6.29. The van der Waals surface area contributed by atoms with Gasteiger partial charge in [0.15, 0.2) is 5.11 Å². The van der Waals surface area contributed by atoms with E-state index in [0.717, 1.165) is 19.3 Å². The van der Waals surface area contributed by atoms with Crippen molar-refractivity contribution in [3.05, 3.63) is 29.8 Å². The zero-order chi connectivity index (χ0) is 24.1. The minimum absolute atomic E-state index is 0.0720. The molecule has 0 bridgehead atoms. The van der Waals surface area contributed by atoms with Crippen molar-refractivity contribution in [2.45, 2.75) is 45.6 Å². The monoisotopic (exact) mass is 479 g/mol. The molecule has 182 valence electrons. The summed E-state index contributed by atoms with van der Waals surface area (Å²) < 4.78 is 16.2. The van der Waals surface area contributed by atoms with E-state index in [1.54, 1.807) is 29.2 Å². The molecule has 1 aromatic rings. The van der Waals surface area contributed by atoms with Crippen LogP contribution in [0.25, 0.3) is 0 Å². The number of carbonyl (C=O) groups is 3. The number of ether oxygens (including phenoxy) is 3. The van der Waals surface area contributed by atoms with Gasteiger partial charge in [-0.25, -0.2) is 0 Å². The number of rotatable bonds is 12. The number of nitrogens with one attached hydrogen (secondary N) is 2. The number of carbonyl (C=O) groups excluding carboxylic acids is 3. The van der Waals surface area contributed by atoms with Crippen LogP contribution in [0.5, 0.6) is 5.75 Å². The summed E-state index contributed by atoms with van der Waals surface area (Å²) in [6.07, 6.45) is 2.62. The van der Waals surface area contributed by atoms with Crippen LogP contribution in [0.15, 0.2) is 24.3 Å². The van der Waals surface area contributed by atoms with Crippen LogP contribution in [0.2, 0.25) is 0 Å². The summed E-state index contributed by atoms with van der Waals surface area (Å²) in [6, 6.07) is 5.96. The molecule has 2 rings (SSSR count). The first-order valence-electron chi connectivity index (χ1n) is 11.3. The number of unbranched alkanes of at least 4 members (excludes halogenated alkanes) is 2. The van der Waals surface area contributed by atoms with Crippen LogP contribution in [0.4, 0.5) is 0 Å². The molecule has 9 nitrogen and oxygen atoms in total. The number of benzene rings is 1. The zero-order valence-electron chi connectivity index (χ0n) is 19.3. The number of hydrogen-bond acceptors (Lipinski definition) is 7. The normalized spacial score (nSPS) is 15.5. The number of hydrogen-bond donors (Lipinski definition) is 2. The molecule has 33 heavy (non-hydrogen) atoms. The second kappa shape index (κ2) is 14.4. The van der Waals surface area contributed by atoms with Gasteiger partial charge in [-0.1, -0.05) is 31.9 Å². The van der Waals surface area contributed by atoms with E-state index < -0.39 is 17.9 Å². The Kier molecular flexibility index (Phi) is 11.6. The second-order valence-corrected chi connectivity index (χ2v) is 7.82. The molecule has 1 aromatic carbocycles. The summed E-state index contributed by atoms with van der Waals surface area (Å²) in [5.74, 6) is -0.858. The fourth-order valence-corrected chi connectivity index (χ4v) is 3.60. The molecule has 1 aliphatic rings. The summed E-state index contributed by atoms with van der Waals surface area (Å²) >= 11 is 5.42. The van der Waals surface area contributed by atoms with E-state index in [1.807, 2.05) is 6.92 Å². The molecule has 2 N–H and O–H groups in total. The van der Waals surface area contributed by atoms with Gasteiger partial charge >= 0.3 is 5.97 Å². The predicted molar refractivity (Wildman–Crippen MR) is 127 cm³/mol. The Bertz CT molecular complexity index is 819. The van der Waals surface area contributed by atoms with Crippen LogP contribution >= 0.6 is 12.2 Å². The number of nitrogens with zero attached hydrogens (tertiary/aromatic N) is 1. The first-order chi connectivity index (χ1) is 16.0. The Morgan fingerprint density at radius 1 is 1.18 bits per heavy atom. The molecule has 1 atom stereocenters. The predicted octanol–water partition coefficient (Wildman–Crippen LogP) is 2.04. The van der Waals surface area contributed by atoms with Crippen molar-refractivity contribution < 1.29 is 28.6 Å². The third-order valence-corrected chi connectivity index (χ3v) is 5.34. The van der Waals surface area contributed by atoms with Crippen molar-refractivity contribution in [3.8, 4) is 5.75 Å². The van der Waals surface area contributed by atoms with Crippen LogP contribution in [-0.4, -0.2) is 73.4 Å². The van der Waals surface area contributed by atoms with E-state index in [1.165, 1.54) is 0 Å². The SMILES string of the molecule is CCCCCOC(=O)CC1C(=O)NCCN1C(=S)NC(=O)c1ccccc1OCCOCC. The molecule has 1 heterocycles. The number of thiocarbonyl (C=S) groups is 1. The van der Waals surface area contributed by atoms with Crippen molar-refractivity contribution in [2.24, 2.45) is 0 Å². The van der Waals surface area contributed by atoms with Crippen molar-refractivity contribution in [3.63, 3.8) is 0 Å². The van der Waals surface area contributed by atoms with Gasteiger partial charge in [-0.2, -0.15) is 0 Å². The van der Waals surface area contributed by atoms with Crippen LogP contribution in [0, 0.1) is 0 Å². The number of amides is 2. The number of esters is 1. The lowest BCUT2D eigenvalue weighted by atomic mass is 10.1. The molecule has 1 unspecified atom stereocenters. The van der Waals surface area contributed by atoms with Gasteiger partial charge in [-0.05, 0) is 37.7 Å². The van der Waals surface area contributed by atoms with Crippen LogP contribution in [0.3, 0.4) is 0 Å². The fourth-order valence-electron chi connectivity index (χ4n) is 3.29. The van der Waals surface area contributed by atoms with Crippen molar-refractivity contribution >= 4 is 35.1 Å². The van der Waals surface area contributed by atoms with Crippen LogP contribution in [0.1, 0.15) is 49.9 Å². The van der Waals surface area contributed by atoms with Crippen LogP contribution < -0.4 is 15.4 Å². The van der Waals surface area contributed by atoms with Gasteiger partial charge < -0.3 is 24.4 Å². The van der Waals surface area contributed by atoms with Crippen LogP contribution in [-0.2, 0) is 19.1 Å². The van der Waals surface area contributed by atoms with Gasteiger partial charge in [0.2, 0.25) is 5.91 Å². The topological polar surface area (TPSA) is 106 Å². The standard InChI is InChI=1S/C23H33N3O6S/c1-3-5-8-13-32-20(27)16-18-22(29)24-11-12-26(18)23(33)25-21(28)17-9-6-7-10-19(17)31-15-14-30-4-2/h6-7,9-10,18H,3-5,8,11-16H2,1-2H3,(H,24,29)(H,25,28,33). The van der Waals surface area contributed by atoms with Crippen molar-refractivity contribution in [2.75, 3.05) is 39.5 Å². The van der Waals surface area contributed by atoms with Gasteiger partial charge in [0, 0.05) is 19.7 Å². The molecular formula is C23H33N3O6S. The minimum atomic E-state index is -0.845. The minimum Gasteiger partial charge on any atom is -0.490 e. The summed E-state index contributed by atoms with van der Waals surface area (Å²) in [5, 5.41) is 5.47. The maximum Gasteiger partial charge on any atom is 0.308 e. The van der Waals surface area contributed by atoms with Gasteiger partial charge in [0.1, 0.15) is 18.4 Å². The lowest BCUT2D eigenvalue weighted by Gasteiger charge is -2.36. The summed E-state index contributed by atoms with van der Waals surface area (Å²) in [4.78, 5) is 39.1. The average Bonchev–Trinajstić information content (AvgIpc) is 2.81. The largest absolute Gasteiger partial charge is 0.490 e. The van der Waals surface area contributed by atoms with Gasteiger partial charge in [-0.15, -0.1) is 0 Å². The maximum atomic E-state index is 12.9. The maximum absolute atomic E-state index is 12.9. The van der Waals surface area contributed by atoms with E-state index >= 15 is 0 Å². The highest BCUT2D eigenvalue weighted by atomic mass is 32.1. The quantitative estimate of drug-likeness (QED) is 0.267. The first-order valence-corrected chi connectivity index (χ1v) is 11.7. The Balaban J connectivity index is 1.99. The first kappa shape index (κ1) is 26.5. The molecule has 10 heteroatoms. The van der Waals surface area contributed by atoms with Gasteiger partial charge in [-0.3, -0.25) is 19.7 Å². The zero-order valence-corrected chi connectivity index (χ0v) is 20.1. The lowest BCUT2D eigenvalue weighted by Crippen LogP contribution is -2.60. The molecule has 0 spiro atoms. The van der Waals surface area contributed by atoms with E-state index in [-0.39, 0.29) is 17.4 Å². The molecule has 1 fully saturated rings. The number of para-hydroxylation sites is 1. The van der Waals surface area contributed by atoms with E-state index in [9.17, 15) is 14.4 Å². The molecule has 0 saturated carbocycles. The van der Waals surface area contributed by atoms with Gasteiger partial charge in [0.25, 0.3) is 5.91 Å². The van der Waals surface area contributed by atoms with Crippen molar-refractivity contribution in [1.29, 1.82) is 0 Å². The third-order valence-electron chi connectivity index (χ3n) is 5.00. The molecule has 1 saturated heterocycles. The highest BCUT2D eigenvalue weighted by Crippen LogP contribution is 2.18. The second-order valence-electron chi connectivity index (χ2n) is 7.43. The Morgan fingerprint density at radius 3 is 2.73 bits per heavy atom. The molecular weight excluding hydrogens is 446 g/mol. The molecule has 0 aromatic heterocycles. The fraction of sp³-hybridized carbons (Fsp3) is 0.565. The highest BCUT2D eigenvalue weighted by Gasteiger charge is 2.34. The number of piperazine rings is 1. The van der Waals surface area contributed by atoms with Crippen molar-refractivity contribution in [1.82, 2.24) is 15.5 Å². The smallest absolute Gasteiger partial charge is 0.308 e. The highest BCUT2D eigenvalue weighted by molar-refractivity contribution is 7.80. The average molecular weight is 480 g/mol. The lowest BCUT2D eigenvalue weighted by molar-refractivity contribution is -0.147. The Hall–Kier alpha value is -2.72. The Labute approximate surface area is 200 Å². The van der Waals surface area contributed by atoms with E-state index in [4.69, 9.17) is 26.4 Å². The van der Waals surface area contributed by atoms with E-state index in [0.29, 0.717) is 50.8 Å². The third kappa shape index (κ3) is 8.62. The molecule has 0 aliphatic carbocycles. The molecule has 2 amide bonds.